The van der Waals surface area contributed by atoms with Gasteiger partial charge in [-0.3, -0.25) is 4.21 Å². The highest BCUT2D eigenvalue weighted by atomic mass is 79.9. The zero-order chi connectivity index (χ0) is 14.9. The first kappa shape index (κ1) is 16.0. The molecule has 0 aliphatic rings. The molecule has 1 unspecified atom stereocenters. The Balaban J connectivity index is 2.45. The van der Waals surface area contributed by atoms with Crippen molar-refractivity contribution in [2.75, 3.05) is 12.0 Å². The number of hydrogen-bond donors (Lipinski definition) is 1. The summed E-state index contributed by atoms with van der Waals surface area (Å²) in [7, 11) is -1.32. The molecular formula is C11H8BrCl2N3OS2. The molecule has 0 fully saturated rings. The van der Waals surface area contributed by atoms with Gasteiger partial charge in [0.05, 0.1) is 20.3 Å². The van der Waals surface area contributed by atoms with Crippen LogP contribution in [0.1, 0.15) is 0 Å². The molecule has 20 heavy (non-hydrogen) atoms. The minimum Gasteiger partial charge on any atom is -0.383 e. The van der Waals surface area contributed by atoms with E-state index in [9.17, 15) is 4.21 Å². The van der Waals surface area contributed by atoms with E-state index < -0.39 is 10.8 Å². The molecule has 4 nitrogen and oxygen atoms in total. The SMILES string of the molecule is CS(=O)c1nc(N)c(Br)c(Sc2ccc(Cl)cc2Cl)n1. The maximum absolute atomic E-state index is 11.5. The van der Waals surface area contributed by atoms with Gasteiger partial charge in [-0.15, -0.1) is 0 Å². The summed E-state index contributed by atoms with van der Waals surface area (Å²) in [6.45, 7) is 0. The summed E-state index contributed by atoms with van der Waals surface area (Å²) in [4.78, 5) is 8.95. The number of halogens is 3. The molecule has 9 heteroatoms. The van der Waals surface area contributed by atoms with Crippen molar-refractivity contribution in [2.24, 2.45) is 0 Å². The number of anilines is 1. The average Bonchev–Trinajstić information content (AvgIpc) is 2.37. The molecule has 106 valence electrons. The van der Waals surface area contributed by atoms with Gasteiger partial charge >= 0.3 is 0 Å². The molecule has 0 amide bonds. The van der Waals surface area contributed by atoms with Crippen LogP contribution in [0.2, 0.25) is 10.0 Å². The lowest BCUT2D eigenvalue weighted by Crippen LogP contribution is -2.03. The lowest BCUT2D eigenvalue weighted by atomic mass is 10.4. The lowest BCUT2D eigenvalue weighted by molar-refractivity contribution is 0.677. The zero-order valence-electron chi connectivity index (χ0n) is 10.1. The van der Waals surface area contributed by atoms with Crippen LogP contribution in [-0.2, 0) is 10.8 Å². The molecule has 1 aromatic carbocycles. The molecule has 0 spiro atoms. The standard InChI is InChI=1S/C11H8BrCl2N3OS2/c1-20(18)11-16-9(15)8(12)10(17-11)19-7-3-2-5(13)4-6(7)14/h2-4H,1H3,(H2,15,16,17). The van der Waals surface area contributed by atoms with E-state index in [1.54, 1.807) is 18.2 Å². The Bertz CT molecular complexity index is 700. The highest BCUT2D eigenvalue weighted by Crippen LogP contribution is 2.38. The van der Waals surface area contributed by atoms with Gasteiger partial charge < -0.3 is 5.73 Å². The van der Waals surface area contributed by atoms with Crippen molar-refractivity contribution in [3.05, 3.63) is 32.7 Å². The van der Waals surface area contributed by atoms with Crippen LogP contribution in [0.3, 0.4) is 0 Å². The minimum absolute atomic E-state index is 0.179. The predicted molar refractivity (Wildman–Crippen MR) is 87.1 cm³/mol. The summed E-state index contributed by atoms with van der Waals surface area (Å²) in [5.74, 6) is 0.234. The van der Waals surface area contributed by atoms with E-state index in [1.165, 1.54) is 18.0 Å². The van der Waals surface area contributed by atoms with E-state index in [4.69, 9.17) is 28.9 Å². The monoisotopic (exact) mass is 411 g/mol. The normalized spacial score (nSPS) is 12.4. The molecule has 0 bridgehead atoms. The Hall–Kier alpha value is -0.340. The van der Waals surface area contributed by atoms with Gasteiger partial charge in [-0.05, 0) is 34.1 Å². The van der Waals surface area contributed by atoms with Crippen molar-refractivity contribution in [2.45, 2.75) is 15.1 Å². The van der Waals surface area contributed by atoms with Crippen LogP contribution in [0, 0.1) is 0 Å². The van der Waals surface area contributed by atoms with Gasteiger partial charge in [0.25, 0.3) is 0 Å². The molecular weight excluding hydrogens is 405 g/mol. The second-order valence-electron chi connectivity index (χ2n) is 3.64. The van der Waals surface area contributed by atoms with Crippen LogP contribution in [0.5, 0.6) is 0 Å². The van der Waals surface area contributed by atoms with Gasteiger partial charge in [-0.25, -0.2) is 9.97 Å². The largest absolute Gasteiger partial charge is 0.383 e. The Kier molecular flexibility index (Phi) is 5.30. The maximum Gasteiger partial charge on any atom is 0.221 e. The Morgan fingerprint density at radius 2 is 2.05 bits per heavy atom. The minimum atomic E-state index is -1.32. The quantitative estimate of drug-likeness (QED) is 0.609. The predicted octanol–water partition coefficient (Wildman–Crippen LogP) is 4.02. The molecule has 0 saturated heterocycles. The Morgan fingerprint density at radius 3 is 2.65 bits per heavy atom. The van der Waals surface area contributed by atoms with Crippen molar-refractivity contribution in [3.8, 4) is 0 Å². The second-order valence-corrected chi connectivity index (χ2v) is 7.58. The first-order valence-corrected chi connectivity index (χ1v) is 9.10. The van der Waals surface area contributed by atoms with Gasteiger partial charge in [0.15, 0.2) is 0 Å². The van der Waals surface area contributed by atoms with Crippen LogP contribution in [-0.4, -0.2) is 20.4 Å². The fourth-order valence-corrected chi connectivity index (χ4v) is 3.56. The van der Waals surface area contributed by atoms with Crippen LogP contribution in [0.25, 0.3) is 0 Å². The number of hydrogen-bond acceptors (Lipinski definition) is 5. The number of nitrogen functional groups attached to an aromatic ring is 1. The van der Waals surface area contributed by atoms with E-state index >= 15 is 0 Å². The Morgan fingerprint density at radius 1 is 1.35 bits per heavy atom. The summed E-state index contributed by atoms with van der Waals surface area (Å²) < 4.78 is 12.0. The van der Waals surface area contributed by atoms with Gasteiger partial charge in [0.1, 0.15) is 10.8 Å². The fraction of sp³-hybridized carbons (Fsp3) is 0.0909. The van der Waals surface area contributed by atoms with Crippen molar-refractivity contribution in [1.82, 2.24) is 9.97 Å². The van der Waals surface area contributed by atoms with E-state index in [2.05, 4.69) is 25.9 Å². The first-order chi connectivity index (χ1) is 9.38. The third kappa shape index (κ3) is 3.65. The number of nitrogens with two attached hydrogens (primary N) is 1. The highest BCUT2D eigenvalue weighted by molar-refractivity contribution is 9.10. The van der Waals surface area contributed by atoms with E-state index in [1.807, 2.05) is 0 Å². The smallest absolute Gasteiger partial charge is 0.221 e. The fourth-order valence-electron chi connectivity index (χ4n) is 1.28. The molecule has 1 atom stereocenters. The highest BCUT2D eigenvalue weighted by Gasteiger charge is 2.15. The molecule has 2 N–H and O–H groups in total. The van der Waals surface area contributed by atoms with Crippen molar-refractivity contribution in [3.63, 3.8) is 0 Å². The molecule has 0 saturated carbocycles. The van der Waals surface area contributed by atoms with Crippen LogP contribution in [0.15, 0.2) is 37.7 Å². The third-order valence-electron chi connectivity index (χ3n) is 2.18. The Labute approximate surface area is 141 Å². The number of rotatable bonds is 3. The summed E-state index contributed by atoms with van der Waals surface area (Å²) in [6.07, 6.45) is 1.49. The van der Waals surface area contributed by atoms with Crippen molar-refractivity contribution < 1.29 is 4.21 Å². The molecule has 2 rings (SSSR count). The van der Waals surface area contributed by atoms with E-state index in [0.717, 1.165) is 4.90 Å². The van der Waals surface area contributed by atoms with E-state index in [-0.39, 0.29) is 11.0 Å². The summed E-state index contributed by atoms with van der Waals surface area (Å²) in [5, 5.41) is 1.78. The number of benzene rings is 1. The van der Waals surface area contributed by atoms with Gasteiger partial charge in [0, 0.05) is 16.2 Å². The molecule has 1 heterocycles. The molecule has 1 aromatic heterocycles. The summed E-state index contributed by atoms with van der Waals surface area (Å²) >= 11 is 16.6. The van der Waals surface area contributed by atoms with Gasteiger partial charge in [-0.2, -0.15) is 0 Å². The van der Waals surface area contributed by atoms with Gasteiger partial charge in [0.2, 0.25) is 5.16 Å². The first-order valence-electron chi connectivity index (χ1n) is 5.18. The van der Waals surface area contributed by atoms with Crippen LogP contribution >= 0.6 is 50.9 Å². The number of nitrogens with zero attached hydrogens (tertiary/aromatic N) is 2. The summed E-state index contributed by atoms with van der Waals surface area (Å²) in [6, 6.07) is 5.15. The molecule has 2 aromatic rings. The van der Waals surface area contributed by atoms with E-state index in [0.29, 0.717) is 19.5 Å². The molecule has 0 aliphatic carbocycles. The third-order valence-corrected chi connectivity index (χ3v) is 5.65. The zero-order valence-corrected chi connectivity index (χ0v) is 14.8. The van der Waals surface area contributed by atoms with Crippen LogP contribution in [0.4, 0.5) is 5.82 Å². The van der Waals surface area contributed by atoms with Crippen LogP contribution < -0.4 is 5.73 Å². The summed E-state index contributed by atoms with van der Waals surface area (Å²) in [5.41, 5.74) is 5.78. The molecule has 0 radical (unpaired) electrons. The second kappa shape index (κ2) is 6.62. The average molecular weight is 413 g/mol. The number of aromatic nitrogens is 2. The van der Waals surface area contributed by atoms with Crippen molar-refractivity contribution in [1.29, 1.82) is 0 Å². The lowest BCUT2D eigenvalue weighted by Gasteiger charge is -2.08. The topological polar surface area (TPSA) is 68.9 Å². The van der Waals surface area contributed by atoms with Gasteiger partial charge in [-0.1, -0.05) is 35.0 Å². The van der Waals surface area contributed by atoms with Crippen molar-refractivity contribution >= 4 is 67.5 Å². The maximum atomic E-state index is 11.5. The molecule has 0 aliphatic heterocycles.